The van der Waals surface area contributed by atoms with Crippen LogP contribution in [0.15, 0.2) is 24.3 Å². The summed E-state index contributed by atoms with van der Waals surface area (Å²) in [6.45, 7) is 4.52. The largest absolute Gasteiger partial charge is 0.491 e. The topological polar surface area (TPSA) is 59.8 Å². The summed E-state index contributed by atoms with van der Waals surface area (Å²) >= 11 is 0. The van der Waals surface area contributed by atoms with Crippen molar-refractivity contribution in [2.45, 2.75) is 0 Å². The molecule has 6 heteroatoms. The smallest absolute Gasteiger partial charge is 0.319 e. The number of ether oxygens (including phenoxy) is 1. The highest BCUT2D eigenvalue weighted by atomic mass is 16.5. The van der Waals surface area contributed by atoms with Gasteiger partial charge in [-0.15, -0.1) is 0 Å². The minimum Gasteiger partial charge on any atom is -0.491 e. The van der Waals surface area contributed by atoms with E-state index in [-0.39, 0.29) is 6.03 Å². The summed E-state index contributed by atoms with van der Waals surface area (Å²) in [5.74, 6) is 0.631. The maximum atomic E-state index is 11.9. The first-order valence-electron chi connectivity index (χ1n) is 7.42. The molecule has 1 aliphatic heterocycles. The second-order valence-corrected chi connectivity index (χ2v) is 5.46. The number of para-hydroxylation sites is 1. The summed E-state index contributed by atoms with van der Waals surface area (Å²) in [7, 11) is 3.55. The predicted octanol–water partition coefficient (Wildman–Crippen LogP) is 1.24. The van der Waals surface area contributed by atoms with Crippen LogP contribution in [-0.2, 0) is 0 Å². The van der Waals surface area contributed by atoms with E-state index in [9.17, 15) is 4.79 Å². The Labute approximate surface area is 131 Å². The number of amides is 2. The first kappa shape index (κ1) is 16.1. The van der Waals surface area contributed by atoms with Crippen molar-refractivity contribution in [1.82, 2.24) is 14.7 Å². The molecule has 1 heterocycles. The van der Waals surface area contributed by atoms with E-state index in [0.717, 1.165) is 32.7 Å². The Morgan fingerprint density at radius 2 is 1.95 bits per heavy atom. The molecule has 1 aliphatic rings. The van der Waals surface area contributed by atoms with E-state index in [0.29, 0.717) is 17.9 Å². The van der Waals surface area contributed by atoms with Gasteiger partial charge in [-0.3, -0.25) is 4.90 Å². The van der Waals surface area contributed by atoms with Crippen molar-refractivity contribution >= 4 is 6.03 Å². The lowest BCUT2D eigenvalue weighted by Gasteiger charge is -2.35. The Bertz CT molecular complexity index is 545. The van der Waals surface area contributed by atoms with Crippen LogP contribution in [-0.4, -0.2) is 74.2 Å². The summed E-state index contributed by atoms with van der Waals surface area (Å²) in [5, 5.41) is 9.01. The highest BCUT2D eigenvalue weighted by molar-refractivity contribution is 5.73. The molecular weight excluding hydrogens is 280 g/mol. The number of hydrogen-bond acceptors (Lipinski definition) is 4. The molecule has 0 radical (unpaired) electrons. The lowest BCUT2D eigenvalue weighted by atomic mass is 10.2. The third-order valence-corrected chi connectivity index (χ3v) is 3.70. The minimum atomic E-state index is 0.0684. The molecule has 22 heavy (non-hydrogen) atoms. The summed E-state index contributed by atoms with van der Waals surface area (Å²) in [6, 6.07) is 9.45. The van der Waals surface area contributed by atoms with Crippen molar-refractivity contribution in [1.29, 1.82) is 5.26 Å². The number of urea groups is 1. The number of hydrogen-bond donors (Lipinski definition) is 0. The molecular formula is C16H22N4O2. The van der Waals surface area contributed by atoms with Gasteiger partial charge in [0.15, 0.2) is 0 Å². The van der Waals surface area contributed by atoms with E-state index in [1.165, 1.54) is 0 Å². The third kappa shape index (κ3) is 4.12. The molecule has 0 atom stereocenters. The van der Waals surface area contributed by atoms with Gasteiger partial charge >= 0.3 is 6.03 Å². The first-order valence-corrected chi connectivity index (χ1v) is 7.42. The van der Waals surface area contributed by atoms with Crippen LogP contribution in [0, 0.1) is 11.3 Å². The van der Waals surface area contributed by atoms with E-state index >= 15 is 0 Å². The quantitative estimate of drug-likeness (QED) is 0.839. The second kappa shape index (κ2) is 7.66. The monoisotopic (exact) mass is 302 g/mol. The van der Waals surface area contributed by atoms with Gasteiger partial charge in [0.25, 0.3) is 0 Å². The van der Waals surface area contributed by atoms with Gasteiger partial charge in [0.1, 0.15) is 18.4 Å². The van der Waals surface area contributed by atoms with Crippen LogP contribution >= 0.6 is 0 Å². The van der Waals surface area contributed by atoms with Crippen molar-refractivity contribution < 1.29 is 9.53 Å². The number of nitrogens with zero attached hydrogens (tertiary/aromatic N) is 4. The van der Waals surface area contributed by atoms with Crippen molar-refractivity contribution in [3.8, 4) is 11.8 Å². The van der Waals surface area contributed by atoms with Crippen LogP contribution in [0.5, 0.6) is 5.75 Å². The summed E-state index contributed by atoms with van der Waals surface area (Å²) in [6.07, 6.45) is 0. The maximum absolute atomic E-state index is 11.9. The lowest BCUT2D eigenvalue weighted by molar-refractivity contribution is 0.113. The molecule has 0 unspecified atom stereocenters. The molecule has 118 valence electrons. The van der Waals surface area contributed by atoms with Crippen LogP contribution < -0.4 is 4.74 Å². The number of benzene rings is 1. The molecule has 0 aliphatic carbocycles. The fourth-order valence-electron chi connectivity index (χ4n) is 2.42. The van der Waals surface area contributed by atoms with E-state index in [1.807, 2.05) is 23.1 Å². The molecule has 1 aromatic carbocycles. The van der Waals surface area contributed by atoms with Crippen molar-refractivity contribution in [2.24, 2.45) is 0 Å². The van der Waals surface area contributed by atoms with Gasteiger partial charge < -0.3 is 14.5 Å². The fourth-order valence-corrected chi connectivity index (χ4v) is 2.42. The van der Waals surface area contributed by atoms with Crippen molar-refractivity contribution in [3.63, 3.8) is 0 Å². The minimum absolute atomic E-state index is 0.0684. The number of rotatable bonds is 4. The van der Waals surface area contributed by atoms with Crippen LogP contribution in [0.25, 0.3) is 0 Å². The van der Waals surface area contributed by atoms with Gasteiger partial charge in [-0.2, -0.15) is 5.26 Å². The van der Waals surface area contributed by atoms with E-state index in [2.05, 4.69) is 11.0 Å². The normalized spacial score (nSPS) is 15.2. The lowest BCUT2D eigenvalue weighted by Crippen LogP contribution is -2.52. The molecule has 0 saturated carbocycles. The number of piperazine rings is 1. The molecule has 2 rings (SSSR count). The van der Waals surface area contributed by atoms with Gasteiger partial charge in [0, 0.05) is 46.8 Å². The van der Waals surface area contributed by atoms with Crippen LogP contribution in [0.4, 0.5) is 4.79 Å². The summed E-state index contributed by atoms with van der Waals surface area (Å²) in [5.41, 5.74) is 0.559. The molecule has 0 N–H and O–H groups in total. The predicted molar refractivity (Wildman–Crippen MR) is 83.7 cm³/mol. The zero-order valence-corrected chi connectivity index (χ0v) is 13.2. The number of nitriles is 1. The Kier molecular flexibility index (Phi) is 5.61. The van der Waals surface area contributed by atoms with E-state index in [1.54, 1.807) is 25.1 Å². The van der Waals surface area contributed by atoms with Crippen molar-refractivity contribution in [3.05, 3.63) is 29.8 Å². The van der Waals surface area contributed by atoms with Gasteiger partial charge in [-0.1, -0.05) is 12.1 Å². The molecule has 1 saturated heterocycles. The molecule has 1 fully saturated rings. The van der Waals surface area contributed by atoms with Gasteiger partial charge in [0.05, 0.1) is 5.56 Å². The van der Waals surface area contributed by atoms with Crippen LogP contribution in [0.2, 0.25) is 0 Å². The first-order chi connectivity index (χ1) is 10.6. The van der Waals surface area contributed by atoms with Crippen LogP contribution in [0.1, 0.15) is 5.56 Å². The Morgan fingerprint density at radius 3 is 2.59 bits per heavy atom. The second-order valence-electron chi connectivity index (χ2n) is 5.46. The number of carbonyl (C=O) groups is 1. The molecule has 0 bridgehead atoms. The maximum Gasteiger partial charge on any atom is 0.319 e. The van der Waals surface area contributed by atoms with Gasteiger partial charge in [0.2, 0.25) is 0 Å². The average Bonchev–Trinajstić information content (AvgIpc) is 2.55. The molecule has 0 aromatic heterocycles. The summed E-state index contributed by atoms with van der Waals surface area (Å²) in [4.78, 5) is 17.6. The van der Waals surface area contributed by atoms with Crippen molar-refractivity contribution in [2.75, 3.05) is 53.4 Å². The fraction of sp³-hybridized carbons (Fsp3) is 0.500. The van der Waals surface area contributed by atoms with Gasteiger partial charge in [-0.05, 0) is 12.1 Å². The molecule has 0 spiro atoms. The Morgan fingerprint density at radius 1 is 1.27 bits per heavy atom. The number of carbonyl (C=O) groups excluding carboxylic acids is 1. The Balaban J connectivity index is 1.73. The van der Waals surface area contributed by atoms with E-state index < -0.39 is 0 Å². The zero-order chi connectivity index (χ0) is 15.9. The highest BCUT2D eigenvalue weighted by Gasteiger charge is 2.21. The Hall–Kier alpha value is -2.26. The molecule has 2 amide bonds. The summed E-state index contributed by atoms with van der Waals surface area (Å²) < 4.78 is 5.69. The third-order valence-electron chi connectivity index (χ3n) is 3.70. The average molecular weight is 302 g/mol. The SMILES string of the molecule is CN(C)C(=O)N1CCN(CCOc2ccccc2C#N)CC1. The standard InChI is InChI=1S/C16H22N4O2/c1-18(2)16(21)20-9-7-19(8-10-20)11-12-22-15-6-4-3-5-14(15)13-17/h3-6H,7-12H2,1-2H3. The highest BCUT2D eigenvalue weighted by Crippen LogP contribution is 2.16. The molecule has 6 nitrogen and oxygen atoms in total. The zero-order valence-electron chi connectivity index (χ0n) is 13.2. The molecule has 1 aromatic rings. The van der Waals surface area contributed by atoms with Gasteiger partial charge in [-0.25, -0.2) is 4.79 Å². The van der Waals surface area contributed by atoms with E-state index in [4.69, 9.17) is 10.00 Å². The van der Waals surface area contributed by atoms with Crippen LogP contribution in [0.3, 0.4) is 0 Å².